The number of piperidine rings is 2. The van der Waals surface area contributed by atoms with Gasteiger partial charge in [-0.05, 0) is 57.2 Å². The first-order chi connectivity index (χ1) is 13.7. The van der Waals surface area contributed by atoms with Crippen LogP contribution < -0.4 is 5.32 Å². The minimum absolute atomic E-state index is 0.00836. The molecule has 0 saturated carbocycles. The molecule has 0 atom stereocenters. The molecule has 0 bridgehead atoms. The van der Waals surface area contributed by atoms with Crippen molar-refractivity contribution in [2.45, 2.75) is 39.2 Å². The lowest BCUT2D eigenvalue weighted by molar-refractivity contribution is -0.149. The number of nitrogens with one attached hydrogen (secondary N) is 1. The highest BCUT2D eigenvalue weighted by Crippen LogP contribution is 2.20. The normalized spacial score (nSPS) is 19.4. The highest BCUT2D eigenvalue weighted by atomic mass is 16.5. The van der Waals surface area contributed by atoms with Gasteiger partial charge >= 0.3 is 12.0 Å². The van der Waals surface area contributed by atoms with Crippen molar-refractivity contribution in [1.29, 1.82) is 0 Å². The molecule has 28 heavy (non-hydrogen) atoms. The largest absolute Gasteiger partial charge is 0.466 e. The van der Waals surface area contributed by atoms with Crippen LogP contribution in [0.3, 0.4) is 0 Å². The molecule has 2 amide bonds. The Labute approximate surface area is 168 Å². The zero-order chi connectivity index (χ0) is 19.8. The predicted octanol–water partition coefficient (Wildman–Crippen LogP) is 2.88. The van der Waals surface area contributed by atoms with Crippen molar-refractivity contribution < 1.29 is 14.3 Å². The third kappa shape index (κ3) is 5.96. The third-order valence-corrected chi connectivity index (χ3v) is 5.90. The number of hydrogen-bond acceptors (Lipinski definition) is 4. The van der Waals surface area contributed by atoms with Crippen LogP contribution in [0.1, 0.15) is 38.2 Å². The summed E-state index contributed by atoms with van der Waals surface area (Å²) in [5.74, 6) is 0.371. The maximum atomic E-state index is 12.4. The Hall–Kier alpha value is -2.08. The van der Waals surface area contributed by atoms with Crippen molar-refractivity contribution in [2.24, 2.45) is 11.8 Å². The van der Waals surface area contributed by atoms with E-state index >= 15 is 0 Å². The number of nitrogens with zero attached hydrogens (tertiary/aromatic N) is 2. The van der Waals surface area contributed by atoms with Crippen LogP contribution in [-0.2, 0) is 16.1 Å². The molecule has 0 radical (unpaired) electrons. The fourth-order valence-corrected chi connectivity index (χ4v) is 4.11. The monoisotopic (exact) mass is 387 g/mol. The lowest BCUT2D eigenvalue weighted by Gasteiger charge is -2.34. The van der Waals surface area contributed by atoms with E-state index in [-0.39, 0.29) is 17.9 Å². The highest BCUT2D eigenvalue weighted by molar-refractivity contribution is 5.76. The van der Waals surface area contributed by atoms with Gasteiger partial charge in [0.1, 0.15) is 0 Å². The average molecular weight is 388 g/mol. The van der Waals surface area contributed by atoms with Gasteiger partial charge in [0.15, 0.2) is 0 Å². The molecule has 1 N–H and O–H groups in total. The van der Waals surface area contributed by atoms with Gasteiger partial charge in [0.2, 0.25) is 0 Å². The number of ether oxygens (including phenoxy) is 1. The fraction of sp³-hybridized carbons (Fsp3) is 0.636. The maximum absolute atomic E-state index is 12.4. The summed E-state index contributed by atoms with van der Waals surface area (Å²) in [7, 11) is 0. The van der Waals surface area contributed by atoms with Gasteiger partial charge in [-0.2, -0.15) is 0 Å². The van der Waals surface area contributed by atoms with Crippen LogP contribution in [0.15, 0.2) is 30.3 Å². The van der Waals surface area contributed by atoms with E-state index in [0.29, 0.717) is 38.5 Å². The van der Waals surface area contributed by atoms with Crippen LogP contribution in [0.25, 0.3) is 0 Å². The van der Waals surface area contributed by atoms with Crippen molar-refractivity contribution in [3.8, 4) is 0 Å². The van der Waals surface area contributed by atoms with Gasteiger partial charge in [0, 0.05) is 26.2 Å². The molecule has 2 aliphatic heterocycles. The number of rotatable bonds is 6. The fourth-order valence-electron chi connectivity index (χ4n) is 4.11. The Morgan fingerprint density at radius 3 is 2.36 bits per heavy atom. The number of urea groups is 1. The van der Waals surface area contributed by atoms with Crippen LogP contribution in [0.4, 0.5) is 4.79 Å². The number of likely N-dealkylation sites (tertiary alicyclic amines) is 2. The van der Waals surface area contributed by atoms with Gasteiger partial charge in [-0.3, -0.25) is 9.69 Å². The third-order valence-electron chi connectivity index (χ3n) is 5.90. The van der Waals surface area contributed by atoms with E-state index in [1.807, 2.05) is 11.8 Å². The van der Waals surface area contributed by atoms with Crippen LogP contribution >= 0.6 is 0 Å². The molecule has 2 aliphatic rings. The number of hydrogen-bond donors (Lipinski definition) is 1. The summed E-state index contributed by atoms with van der Waals surface area (Å²) in [6, 6.07) is 10.6. The highest BCUT2D eigenvalue weighted by Gasteiger charge is 2.28. The van der Waals surface area contributed by atoms with Crippen molar-refractivity contribution in [3.05, 3.63) is 35.9 Å². The SMILES string of the molecule is CCOC(=O)C1CCN(C(=O)NCC2CCN(Cc3ccccc3)CC2)CC1. The number of amides is 2. The second kappa shape index (κ2) is 10.5. The van der Waals surface area contributed by atoms with Gasteiger partial charge < -0.3 is 15.0 Å². The first-order valence-corrected chi connectivity index (χ1v) is 10.6. The molecule has 0 aliphatic carbocycles. The van der Waals surface area contributed by atoms with E-state index < -0.39 is 0 Å². The van der Waals surface area contributed by atoms with Gasteiger partial charge in [0.05, 0.1) is 12.5 Å². The van der Waals surface area contributed by atoms with Crippen LogP contribution in [0, 0.1) is 11.8 Å². The van der Waals surface area contributed by atoms with Crippen molar-refractivity contribution in [1.82, 2.24) is 15.1 Å². The Morgan fingerprint density at radius 2 is 1.71 bits per heavy atom. The molecule has 2 fully saturated rings. The molecule has 0 aromatic heterocycles. The minimum atomic E-state index is -0.121. The lowest BCUT2D eigenvalue weighted by atomic mass is 9.96. The van der Waals surface area contributed by atoms with Gasteiger partial charge in [-0.15, -0.1) is 0 Å². The van der Waals surface area contributed by atoms with E-state index in [2.05, 4.69) is 40.5 Å². The Kier molecular flexibility index (Phi) is 7.71. The Balaban J connectivity index is 1.32. The van der Waals surface area contributed by atoms with E-state index in [1.165, 1.54) is 5.56 Å². The van der Waals surface area contributed by atoms with Crippen LogP contribution in [0.5, 0.6) is 0 Å². The Bertz CT molecular complexity index is 621. The van der Waals surface area contributed by atoms with Crippen molar-refractivity contribution in [3.63, 3.8) is 0 Å². The summed E-state index contributed by atoms with van der Waals surface area (Å²) in [6.07, 6.45) is 3.64. The maximum Gasteiger partial charge on any atom is 0.317 e. The van der Waals surface area contributed by atoms with E-state index in [1.54, 1.807) is 0 Å². The summed E-state index contributed by atoms with van der Waals surface area (Å²) >= 11 is 0. The molecule has 2 saturated heterocycles. The van der Waals surface area contributed by atoms with Gasteiger partial charge in [-0.1, -0.05) is 30.3 Å². The van der Waals surface area contributed by atoms with Gasteiger partial charge in [0.25, 0.3) is 0 Å². The second-order valence-corrected chi connectivity index (χ2v) is 7.90. The molecule has 2 heterocycles. The summed E-state index contributed by atoms with van der Waals surface area (Å²) in [5, 5.41) is 3.11. The number of carbonyl (C=O) groups is 2. The molecule has 6 nitrogen and oxygen atoms in total. The summed E-state index contributed by atoms with van der Waals surface area (Å²) in [5.41, 5.74) is 1.36. The zero-order valence-corrected chi connectivity index (χ0v) is 16.9. The Morgan fingerprint density at radius 1 is 1.04 bits per heavy atom. The predicted molar refractivity (Wildman–Crippen MR) is 109 cm³/mol. The summed E-state index contributed by atoms with van der Waals surface area (Å²) < 4.78 is 5.09. The smallest absolute Gasteiger partial charge is 0.317 e. The summed E-state index contributed by atoms with van der Waals surface area (Å²) in [6.45, 7) is 7.43. The van der Waals surface area contributed by atoms with Crippen molar-refractivity contribution in [2.75, 3.05) is 39.3 Å². The van der Waals surface area contributed by atoms with Crippen LogP contribution in [0.2, 0.25) is 0 Å². The molecule has 6 heteroatoms. The molecular formula is C22H33N3O3. The topological polar surface area (TPSA) is 61.9 Å². The van der Waals surface area contributed by atoms with E-state index in [0.717, 1.165) is 39.0 Å². The molecule has 0 spiro atoms. The first kappa shape index (κ1) is 20.6. The van der Waals surface area contributed by atoms with Crippen molar-refractivity contribution >= 4 is 12.0 Å². The first-order valence-electron chi connectivity index (χ1n) is 10.6. The zero-order valence-electron chi connectivity index (χ0n) is 16.9. The molecule has 3 rings (SSSR count). The standard InChI is InChI=1S/C22H33N3O3/c1-2-28-21(26)20-10-14-25(15-11-20)22(27)23-16-18-8-12-24(13-9-18)17-19-6-4-3-5-7-19/h3-7,18,20H,2,8-17H2,1H3,(H,23,27). The second-order valence-electron chi connectivity index (χ2n) is 7.90. The lowest BCUT2D eigenvalue weighted by Crippen LogP contribution is -2.47. The summed E-state index contributed by atoms with van der Waals surface area (Å²) in [4.78, 5) is 28.6. The number of carbonyl (C=O) groups excluding carboxylic acids is 2. The molecular weight excluding hydrogens is 354 g/mol. The molecule has 154 valence electrons. The minimum Gasteiger partial charge on any atom is -0.466 e. The quantitative estimate of drug-likeness (QED) is 0.763. The van der Waals surface area contributed by atoms with E-state index in [4.69, 9.17) is 4.74 Å². The number of benzene rings is 1. The van der Waals surface area contributed by atoms with Gasteiger partial charge in [-0.25, -0.2) is 4.79 Å². The molecule has 1 aromatic carbocycles. The van der Waals surface area contributed by atoms with Crippen LogP contribution in [-0.4, -0.2) is 61.1 Å². The molecule has 1 aromatic rings. The molecule has 0 unspecified atom stereocenters. The van der Waals surface area contributed by atoms with E-state index in [9.17, 15) is 9.59 Å². The average Bonchev–Trinajstić information content (AvgIpc) is 2.74. The number of esters is 1.